The molecule has 0 unspecified atom stereocenters. The number of alkyl halides is 1. The molecule has 3 nitrogen and oxygen atoms in total. The molecule has 114 valence electrons. The first-order valence-corrected chi connectivity index (χ1v) is 8.73. The number of fused-ring (bicyclic) bond motifs is 1. The van der Waals surface area contributed by atoms with Crippen molar-refractivity contribution in [1.29, 1.82) is 0 Å². The fourth-order valence-corrected chi connectivity index (χ4v) is 3.62. The molecule has 2 aromatic heterocycles. The van der Waals surface area contributed by atoms with E-state index >= 15 is 0 Å². The first kappa shape index (κ1) is 14.8. The van der Waals surface area contributed by atoms with Crippen molar-refractivity contribution in [1.82, 2.24) is 14.5 Å². The Kier molecular flexibility index (Phi) is 4.79. The van der Waals surface area contributed by atoms with Gasteiger partial charge in [-0.1, -0.05) is 32.1 Å². The summed E-state index contributed by atoms with van der Waals surface area (Å²) in [6.07, 6.45) is 10.1. The van der Waals surface area contributed by atoms with Gasteiger partial charge in [0.25, 0.3) is 0 Å². The molecule has 0 saturated heterocycles. The molecule has 0 spiro atoms. The molecular formula is C17H24ClN3. The Morgan fingerprint density at radius 1 is 1.10 bits per heavy atom. The maximum absolute atomic E-state index is 5.99. The zero-order valence-corrected chi connectivity index (χ0v) is 13.6. The van der Waals surface area contributed by atoms with Gasteiger partial charge in [0.05, 0.1) is 0 Å². The van der Waals surface area contributed by atoms with Crippen LogP contribution in [0.3, 0.4) is 0 Å². The van der Waals surface area contributed by atoms with E-state index in [-0.39, 0.29) is 0 Å². The van der Waals surface area contributed by atoms with E-state index < -0.39 is 0 Å². The van der Waals surface area contributed by atoms with Crippen LogP contribution in [0.4, 0.5) is 0 Å². The summed E-state index contributed by atoms with van der Waals surface area (Å²) in [5.41, 5.74) is 3.13. The summed E-state index contributed by atoms with van der Waals surface area (Å²) in [6, 6.07) is 4.68. The van der Waals surface area contributed by atoms with Crippen molar-refractivity contribution in [2.24, 2.45) is 0 Å². The van der Waals surface area contributed by atoms with Gasteiger partial charge in [-0.3, -0.25) is 0 Å². The van der Waals surface area contributed by atoms with E-state index in [1.54, 1.807) is 0 Å². The number of nitrogens with zero attached hydrogens (tertiary/aromatic N) is 3. The Hall–Kier alpha value is -1.09. The van der Waals surface area contributed by atoms with Crippen LogP contribution < -0.4 is 0 Å². The zero-order chi connectivity index (χ0) is 14.7. The molecule has 2 aromatic rings. The molecule has 3 rings (SSSR count). The lowest BCUT2D eigenvalue weighted by Gasteiger charge is -2.23. The maximum Gasteiger partial charge on any atom is 0.160 e. The van der Waals surface area contributed by atoms with E-state index in [9.17, 15) is 0 Å². The van der Waals surface area contributed by atoms with E-state index in [0.29, 0.717) is 11.9 Å². The van der Waals surface area contributed by atoms with Gasteiger partial charge in [0, 0.05) is 24.0 Å². The smallest absolute Gasteiger partial charge is 0.160 e. The monoisotopic (exact) mass is 305 g/mol. The lowest BCUT2D eigenvalue weighted by Crippen LogP contribution is -2.15. The van der Waals surface area contributed by atoms with Crippen LogP contribution in [-0.2, 0) is 6.42 Å². The average molecular weight is 306 g/mol. The topological polar surface area (TPSA) is 30.7 Å². The zero-order valence-electron chi connectivity index (χ0n) is 12.8. The van der Waals surface area contributed by atoms with E-state index in [4.69, 9.17) is 21.6 Å². The first-order valence-electron chi connectivity index (χ1n) is 8.20. The first-order chi connectivity index (χ1) is 10.3. The number of imidazole rings is 1. The summed E-state index contributed by atoms with van der Waals surface area (Å²) >= 11 is 5.99. The van der Waals surface area contributed by atoms with E-state index in [1.807, 2.05) is 6.07 Å². The molecule has 0 N–H and O–H groups in total. The van der Waals surface area contributed by atoms with Gasteiger partial charge in [0.1, 0.15) is 11.3 Å². The summed E-state index contributed by atoms with van der Waals surface area (Å²) in [4.78, 5) is 9.55. The Labute approximate surface area is 131 Å². The molecule has 0 atom stereocenters. The lowest BCUT2D eigenvalue weighted by molar-refractivity contribution is 0.370. The van der Waals surface area contributed by atoms with Crippen LogP contribution >= 0.6 is 11.6 Å². The summed E-state index contributed by atoms with van der Waals surface area (Å²) in [5.74, 6) is 1.73. The lowest BCUT2D eigenvalue weighted by atomic mass is 9.96. The van der Waals surface area contributed by atoms with Crippen LogP contribution in [0.15, 0.2) is 12.1 Å². The van der Waals surface area contributed by atoms with Crippen LogP contribution in [-0.4, -0.2) is 20.4 Å². The second-order valence-corrected chi connectivity index (χ2v) is 6.51. The van der Waals surface area contributed by atoms with Gasteiger partial charge in [-0.05, 0) is 31.9 Å². The van der Waals surface area contributed by atoms with Crippen molar-refractivity contribution in [2.75, 3.05) is 5.88 Å². The van der Waals surface area contributed by atoms with Gasteiger partial charge >= 0.3 is 0 Å². The summed E-state index contributed by atoms with van der Waals surface area (Å²) in [7, 11) is 0. The minimum Gasteiger partial charge on any atom is -0.310 e. The molecule has 1 aliphatic carbocycles. The summed E-state index contributed by atoms with van der Waals surface area (Å²) in [6.45, 7) is 2.05. The molecule has 2 heterocycles. The number of hydrogen-bond acceptors (Lipinski definition) is 2. The normalized spacial score (nSPS) is 17.8. The average Bonchev–Trinajstić information content (AvgIpc) is 2.77. The SMILES string of the molecule is Cc1ccc2nc(CCCl)n(C3CCCCCCC3)c2n1. The molecular weight excluding hydrogens is 282 g/mol. The van der Waals surface area contributed by atoms with Crippen LogP contribution in [0, 0.1) is 6.92 Å². The molecule has 0 radical (unpaired) electrons. The number of hydrogen-bond donors (Lipinski definition) is 0. The Morgan fingerprint density at radius 3 is 2.52 bits per heavy atom. The molecule has 0 aliphatic heterocycles. The fourth-order valence-electron chi connectivity index (χ4n) is 3.45. The van der Waals surface area contributed by atoms with Crippen LogP contribution in [0.1, 0.15) is 62.5 Å². The second kappa shape index (κ2) is 6.78. The van der Waals surface area contributed by atoms with E-state index in [2.05, 4.69) is 17.6 Å². The third-order valence-corrected chi connectivity index (χ3v) is 4.70. The van der Waals surface area contributed by atoms with Gasteiger partial charge < -0.3 is 4.57 Å². The van der Waals surface area contributed by atoms with Gasteiger partial charge in [-0.15, -0.1) is 11.6 Å². The minimum absolute atomic E-state index is 0.544. The van der Waals surface area contributed by atoms with Gasteiger partial charge in [-0.2, -0.15) is 0 Å². The molecule has 0 aromatic carbocycles. The Morgan fingerprint density at radius 2 is 1.81 bits per heavy atom. The van der Waals surface area contributed by atoms with E-state index in [1.165, 1.54) is 44.9 Å². The largest absolute Gasteiger partial charge is 0.310 e. The number of pyridine rings is 1. The van der Waals surface area contributed by atoms with Crippen molar-refractivity contribution in [3.05, 3.63) is 23.7 Å². The molecule has 1 fully saturated rings. The highest BCUT2D eigenvalue weighted by Gasteiger charge is 2.20. The second-order valence-electron chi connectivity index (χ2n) is 6.13. The number of aromatic nitrogens is 3. The minimum atomic E-state index is 0.544. The molecule has 1 saturated carbocycles. The standard InChI is InChI=1S/C17H24ClN3/c1-13-9-10-15-17(19-13)21(16(20-15)11-12-18)14-7-5-3-2-4-6-8-14/h9-10,14H,2-8,11-12H2,1H3. The van der Waals surface area contributed by atoms with E-state index in [0.717, 1.165) is 29.1 Å². The van der Waals surface area contributed by atoms with Gasteiger partial charge in [0.15, 0.2) is 5.65 Å². The van der Waals surface area contributed by atoms with Gasteiger partial charge in [0.2, 0.25) is 0 Å². The van der Waals surface area contributed by atoms with Crippen LogP contribution in [0.25, 0.3) is 11.2 Å². The van der Waals surface area contributed by atoms with Crippen molar-refractivity contribution >= 4 is 22.8 Å². The quantitative estimate of drug-likeness (QED) is 0.762. The Bertz CT molecular complexity index is 597. The molecule has 21 heavy (non-hydrogen) atoms. The summed E-state index contributed by atoms with van der Waals surface area (Å²) in [5, 5.41) is 0. The van der Waals surface area contributed by atoms with Crippen LogP contribution in [0.2, 0.25) is 0 Å². The number of rotatable bonds is 3. The molecule has 0 bridgehead atoms. The van der Waals surface area contributed by atoms with Crippen molar-refractivity contribution in [3.8, 4) is 0 Å². The highest BCUT2D eigenvalue weighted by Crippen LogP contribution is 2.30. The van der Waals surface area contributed by atoms with Crippen molar-refractivity contribution in [2.45, 2.75) is 64.3 Å². The van der Waals surface area contributed by atoms with Crippen LogP contribution in [0.5, 0.6) is 0 Å². The fraction of sp³-hybridized carbons (Fsp3) is 0.647. The predicted molar refractivity (Wildman–Crippen MR) is 88.0 cm³/mol. The number of halogens is 1. The third-order valence-electron chi connectivity index (χ3n) is 4.51. The Balaban J connectivity index is 2.03. The summed E-state index contributed by atoms with van der Waals surface area (Å²) < 4.78 is 2.40. The van der Waals surface area contributed by atoms with Gasteiger partial charge in [-0.25, -0.2) is 9.97 Å². The van der Waals surface area contributed by atoms with Crippen molar-refractivity contribution < 1.29 is 0 Å². The highest BCUT2D eigenvalue weighted by atomic mass is 35.5. The third kappa shape index (κ3) is 3.23. The van der Waals surface area contributed by atoms with Crippen molar-refractivity contribution in [3.63, 3.8) is 0 Å². The molecule has 0 amide bonds. The highest BCUT2D eigenvalue weighted by molar-refractivity contribution is 6.17. The maximum atomic E-state index is 5.99. The molecule has 4 heteroatoms. The predicted octanol–water partition coefficient (Wildman–Crippen LogP) is 4.81. The molecule has 1 aliphatic rings. The number of aryl methyl sites for hydroxylation is 2.